The molecule has 0 fully saturated rings. The molecule has 0 N–H and O–H groups in total. The lowest BCUT2D eigenvalue weighted by atomic mass is 9.99. The second kappa shape index (κ2) is 7.00. The number of nitrogens with zero attached hydrogens (tertiary/aromatic N) is 2. The first-order chi connectivity index (χ1) is 14.3. The first-order valence-corrected chi connectivity index (χ1v) is 14.9. The molecule has 150 valence electrons. The summed E-state index contributed by atoms with van der Waals surface area (Å²) in [6.07, 6.45) is 1.72. The molecule has 5 rings (SSSR count). The Balaban J connectivity index is 1.80. The zero-order valence-electron chi connectivity index (χ0n) is 18.2. The number of hydrogen-bond donors (Lipinski definition) is 0. The first-order valence-electron chi connectivity index (χ1n) is 10.5. The van der Waals surface area contributed by atoms with Crippen LogP contribution in [0, 0.1) is 0 Å². The van der Waals surface area contributed by atoms with Gasteiger partial charge in [0, 0.05) is 31.1 Å². The summed E-state index contributed by atoms with van der Waals surface area (Å²) < 4.78 is 2.71. The van der Waals surface area contributed by atoms with Crippen molar-refractivity contribution in [3.05, 3.63) is 66.5 Å². The van der Waals surface area contributed by atoms with E-state index in [2.05, 4.69) is 93.1 Å². The summed E-state index contributed by atoms with van der Waals surface area (Å²) in [5, 5.41) is 5.23. The molecule has 0 saturated heterocycles. The maximum Gasteiger partial charge on any atom is 0.116 e. The first kappa shape index (κ1) is 19.4. The molecule has 0 spiro atoms. The van der Waals surface area contributed by atoms with Gasteiger partial charge in [-0.15, -0.1) is 11.3 Å². The highest BCUT2D eigenvalue weighted by molar-refractivity contribution is 7.26. The number of fused-ring (bicyclic) bond motifs is 4. The second-order valence-electron chi connectivity index (χ2n) is 9.37. The maximum absolute atomic E-state index is 4.75. The van der Waals surface area contributed by atoms with E-state index in [1.165, 1.54) is 36.5 Å². The molecular formula is C26H26N2SSi. The molecule has 0 aliphatic rings. The van der Waals surface area contributed by atoms with E-state index in [-0.39, 0.29) is 0 Å². The van der Waals surface area contributed by atoms with Crippen LogP contribution in [0.3, 0.4) is 0 Å². The van der Waals surface area contributed by atoms with Gasteiger partial charge in [0.15, 0.2) is 0 Å². The molecule has 0 aliphatic carbocycles. The smallest absolute Gasteiger partial charge is 0.116 e. The van der Waals surface area contributed by atoms with Crippen molar-refractivity contribution in [1.29, 1.82) is 0 Å². The molecule has 2 nitrogen and oxygen atoms in total. The molecule has 0 aliphatic heterocycles. The standard InChI is InChI=1S/C26H26N2SSi/c1-16(2)18-8-6-9-19-20-10-7-11-22(26(20)29-25(18)19)24-21-13-12-17(30(3,4)5)14-23(21)27-15-28-24/h6-16H,1-5H3. The van der Waals surface area contributed by atoms with Crippen LogP contribution in [0.1, 0.15) is 25.3 Å². The van der Waals surface area contributed by atoms with E-state index in [1.54, 1.807) is 6.33 Å². The summed E-state index contributed by atoms with van der Waals surface area (Å²) in [7, 11) is -1.39. The van der Waals surface area contributed by atoms with Gasteiger partial charge in [0.25, 0.3) is 0 Å². The Morgan fingerprint density at radius 3 is 2.27 bits per heavy atom. The summed E-state index contributed by atoms with van der Waals surface area (Å²) in [6.45, 7) is 11.7. The van der Waals surface area contributed by atoms with E-state index in [0.29, 0.717) is 5.92 Å². The van der Waals surface area contributed by atoms with E-state index in [4.69, 9.17) is 4.98 Å². The third-order valence-electron chi connectivity index (χ3n) is 5.93. The fourth-order valence-electron chi connectivity index (χ4n) is 4.22. The lowest BCUT2D eigenvalue weighted by Crippen LogP contribution is -2.37. The SMILES string of the molecule is CC(C)c1cccc2c1sc1c(-c3ncnc4cc([Si](C)(C)C)ccc34)cccc12. The summed E-state index contributed by atoms with van der Waals surface area (Å²) in [5.41, 5.74) is 4.70. The maximum atomic E-state index is 4.75. The number of aromatic nitrogens is 2. The third kappa shape index (κ3) is 3.06. The summed E-state index contributed by atoms with van der Waals surface area (Å²) >= 11 is 1.90. The predicted octanol–water partition coefficient (Wildman–Crippen LogP) is 7.33. The highest BCUT2D eigenvalue weighted by Crippen LogP contribution is 2.43. The monoisotopic (exact) mass is 426 g/mol. The van der Waals surface area contributed by atoms with Crippen molar-refractivity contribution in [2.24, 2.45) is 0 Å². The highest BCUT2D eigenvalue weighted by Gasteiger charge is 2.19. The predicted molar refractivity (Wildman–Crippen MR) is 135 cm³/mol. The van der Waals surface area contributed by atoms with Gasteiger partial charge in [-0.3, -0.25) is 0 Å². The fraction of sp³-hybridized carbons (Fsp3) is 0.231. The van der Waals surface area contributed by atoms with Crippen LogP contribution in [-0.2, 0) is 0 Å². The van der Waals surface area contributed by atoms with Crippen molar-refractivity contribution in [1.82, 2.24) is 9.97 Å². The van der Waals surface area contributed by atoms with Gasteiger partial charge in [-0.05, 0) is 17.5 Å². The normalized spacial score (nSPS) is 12.5. The molecule has 0 amide bonds. The minimum Gasteiger partial charge on any atom is -0.236 e. The van der Waals surface area contributed by atoms with Gasteiger partial charge in [0.1, 0.15) is 6.33 Å². The number of hydrogen-bond acceptors (Lipinski definition) is 3. The van der Waals surface area contributed by atoms with Crippen molar-refractivity contribution < 1.29 is 0 Å². The average molecular weight is 427 g/mol. The van der Waals surface area contributed by atoms with E-state index in [1.807, 2.05) is 11.3 Å². The molecule has 2 aromatic heterocycles. The van der Waals surface area contributed by atoms with E-state index in [9.17, 15) is 0 Å². The highest BCUT2D eigenvalue weighted by atomic mass is 32.1. The van der Waals surface area contributed by atoms with Crippen LogP contribution in [0.4, 0.5) is 0 Å². The van der Waals surface area contributed by atoms with Crippen LogP contribution in [0.2, 0.25) is 19.6 Å². The van der Waals surface area contributed by atoms with Crippen molar-refractivity contribution in [2.45, 2.75) is 39.4 Å². The van der Waals surface area contributed by atoms with Crippen LogP contribution in [-0.4, -0.2) is 18.0 Å². The lowest BCUT2D eigenvalue weighted by Gasteiger charge is -2.17. The van der Waals surface area contributed by atoms with Crippen LogP contribution >= 0.6 is 11.3 Å². The Morgan fingerprint density at radius 2 is 1.53 bits per heavy atom. The van der Waals surface area contributed by atoms with Crippen molar-refractivity contribution in [3.8, 4) is 11.3 Å². The Morgan fingerprint density at radius 1 is 0.800 bits per heavy atom. The minimum absolute atomic E-state index is 0.505. The Hall–Kier alpha value is -2.56. The summed E-state index contributed by atoms with van der Waals surface area (Å²) in [4.78, 5) is 9.37. The molecular weight excluding hydrogens is 400 g/mol. The van der Waals surface area contributed by atoms with Gasteiger partial charge in [-0.25, -0.2) is 9.97 Å². The largest absolute Gasteiger partial charge is 0.236 e. The molecule has 0 saturated carbocycles. The molecule has 0 unspecified atom stereocenters. The molecule has 30 heavy (non-hydrogen) atoms. The lowest BCUT2D eigenvalue weighted by molar-refractivity contribution is 0.878. The number of benzene rings is 3. The molecule has 0 bridgehead atoms. The Kier molecular flexibility index (Phi) is 4.53. The molecule has 0 atom stereocenters. The van der Waals surface area contributed by atoms with Gasteiger partial charge in [0.2, 0.25) is 0 Å². The van der Waals surface area contributed by atoms with Crippen LogP contribution in [0.5, 0.6) is 0 Å². The van der Waals surface area contributed by atoms with Crippen LogP contribution in [0.15, 0.2) is 60.9 Å². The van der Waals surface area contributed by atoms with Crippen LogP contribution < -0.4 is 5.19 Å². The van der Waals surface area contributed by atoms with Gasteiger partial charge >= 0.3 is 0 Å². The Labute approximate surface area is 182 Å². The van der Waals surface area contributed by atoms with E-state index >= 15 is 0 Å². The average Bonchev–Trinajstić information content (AvgIpc) is 3.11. The summed E-state index contributed by atoms with van der Waals surface area (Å²) in [6, 6.07) is 20.1. The molecule has 3 aromatic carbocycles. The van der Waals surface area contributed by atoms with Gasteiger partial charge < -0.3 is 0 Å². The zero-order chi connectivity index (χ0) is 21.0. The van der Waals surface area contributed by atoms with Gasteiger partial charge in [-0.1, -0.05) is 87.2 Å². The quantitative estimate of drug-likeness (QED) is 0.282. The van der Waals surface area contributed by atoms with E-state index < -0.39 is 8.07 Å². The van der Waals surface area contributed by atoms with Crippen molar-refractivity contribution >= 4 is 55.7 Å². The van der Waals surface area contributed by atoms with Gasteiger partial charge in [-0.2, -0.15) is 0 Å². The zero-order valence-corrected chi connectivity index (χ0v) is 20.0. The van der Waals surface area contributed by atoms with Crippen molar-refractivity contribution in [2.75, 3.05) is 0 Å². The number of thiophene rings is 1. The Bertz CT molecular complexity index is 1410. The molecule has 4 heteroatoms. The fourth-order valence-corrected chi connectivity index (χ4v) is 6.85. The summed E-state index contributed by atoms with van der Waals surface area (Å²) in [5.74, 6) is 0.505. The van der Waals surface area contributed by atoms with Gasteiger partial charge in [0.05, 0.1) is 19.3 Å². The molecule has 2 heterocycles. The van der Waals surface area contributed by atoms with Crippen molar-refractivity contribution in [3.63, 3.8) is 0 Å². The minimum atomic E-state index is -1.39. The third-order valence-corrected chi connectivity index (χ3v) is 9.28. The topological polar surface area (TPSA) is 25.8 Å². The van der Waals surface area contributed by atoms with Crippen LogP contribution in [0.25, 0.3) is 42.3 Å². The van der Waals surface area contributed by atoms with E-state index in [0.717, 1.165) is 16.6 Å². The second-order valence-corrected chi connectivity index (χ2v) is 15.5. The molecule has 0 radical (unpaired) electrons. The number of rotatable bonds is 3. The molecule has 5 aromatic rings.